The van der Waals surface area contributed by atoms with Gasteiger partial charge < -0.3 is 5.32 Å². The summed E-state index contributed by atoms with van der Waals surface area (Å²) in [6.07, 6.45) is 7.59. The fourth-order valence-corrected chi connectivity index (χ4v) is 2.08. The zero-order valence-corrected chi connectivity index (χ0v) is 9.57. The highest BCUT2D eigenvalue weighted by Crippen LogP contribution is 2.17. The summed E-state index contributed by atoms with van der Waals surface area (Å²) < 4.78 is 1.64. The number of nitrogens with one attached hydrogen (secondary N) is 2. The Morgan fingerprint density at radius 2 is 2.19 bits per heavy atom. The van der Waals surface area contributed by atoms with Crippen molar-refractivity contribution >= 4 is 11.8 Å². The molecular formula is C11H18N4O. The Balaban J connectivity index is 1.82. The fourth-order valence-electron chi connectivity index (χ4n) is 2.08. The van der Waals surface area contributed by atoms with Crippen molar-refractivity contribution in [3.8, 4) is 0 Å². The number of hydrogen-bond donors (Lipinski definition) is 2. The average molecular weight is 222 g/mol. The Morgan fingerprint density at radius 1 is 1.44 bits per heavy atom. The molecule has 0 unspecified atom stereocenters. The highest BCUT2D eigenvalue weighted by atomic mass is 16.2. The summed E-state index contributed by atoms with van der Waals surface area (Å²) in [7, 11) is 1.80. The summed E-state index contributed by atoms with van der Waals surface area (Å²) in [5.74, 6) is 0.716. The molecule has 1 aromatic heterocycles. The molecule has 0 saturated heterocycles. The molecule has 2 amide bonds. The van der Waals surface area contributed by atoms with Crippen LogP contribution in [0.25, 0.3) is 0 Å². The van der Waals surface area contributed by atoms with Gasteiger partial charge in [-0.3, -0.25) is 10.00 Å². The number of nitrogens with zero attached hydrogens (tertiary/aromatic N) is 2. The molecule has 1 heterocycles. The Hall–Kier alpha value is -1.52. The monoisotopic (exact) mass is 222 g/mol. The van der Waals surface area contributed by atoms with E-state index in [4.69, 9.17) is 0 Å². The topological polar surface area (TPSA) is 59.0 Å². The van der Waals surface area contributed by atoms with E-state index in [1.165, 1.54) is 19.3 Å². The smallest absolute Gasteiger partial charge is 0.320 e. The molecule has 0 aromatic carbocycles. The van der Waals surface area contributed by atoms with Gasteiger partial charge in [-0.25, -0.2) is 4.79 Å². The van der Waals surface area contributed by atoms with Gasteiger partial charge in [0.25, 0.3) is 0 Å². The second kappa shape index (κ2) is 5.01. The predicted octanol–water partition coefficient (Wildman–Crippen LogP) is 1.87. The Labute approximate surface area is 95.2 Å². The van der Waals surface area contributed by atoms with Crippen molar-refractivity contribution in [1.82, 2.24) is 15.1 Å². The maximum atomic E-state index is 11.7. The molecule has 1 aliphatic carbocycles. The normalized spacial score (nSPS) is 17.1. The van der Waals surface area contributed by atoms with Crippen molar-refractivity contribution in [2.45, 2.75) is 38.1 Å². The largest absolute Gasteiger partial charge is 0.335 e. The first kappa shape index (κ1) is 11.0. The predicted molar refractivity (Wildman–Crippen MR) is 62.2 cm³/mol. The van der Waals surface area contributed by atoms with E-state index in [1.54, 1.807) is 24.0 Å². The quantitative estimate of drug-likeness (QED) is 0.802. The van der Waals surface area contributed by atoms with Gasteiger partial charge in [0.1, 0.15) is 5.82 Å². The van der Waals surface area contributed by atoms with Crippen molar-refractivity contribution in [1.29, 1.82) is 0 Å². The lowest BCUT2D eigenvalue weighted by atomic mass is 9.96. The van der Waals surface area contributed by atoms with Gasteiger partial charge >= 0.3 is 6.03 Å². The Kier molecular flexibility index (Phi) is 3.44. The van der Waals surface area contributed by atoms with Gasteiger partial charge in [0.05, 0.1) is 6.20 Å². The van der Waals surface area contributed by atoms with Crippen LogP contribution >= 0.6 is 0 Å². The summed E-state index contributed by atoms with van der Waals surface area (Å²) in [4.78, 5) is 11.7. The molecule has 5 heteroatoms. The number of anilines is 1. The molecule has 0 atom stereocenters. The average Bonchev–Trinajstić information content (AvgIpc) is 2.66. The first-order valence-electron chi connectivity index (χ1n) is 5.81. The number of amides is 2. The number of aromatic nitrogens is 2. The number of urea groups is 1. The van der Waals surface area contributed by atoms with Crippen molar-refractivity contribution in [3.05, 3.63) is 12.3 Å². The molecule has 16 heavy (non-hydrogen) atoms. The van der Waals surface area contributed by atoms with Crippen molar-refractivity contribution in [2.75, 3.05) is 5.32 Å². The maximum Gasteiger partial charge on any atom is 0.320 e. The lowest BCUT2D eigenvalue weighted by Gasteiger charge is -2.22. The molecule has 1 aromatic rings. The van der Waals surface area contributed by atoms with Crippen LogP contribution in [-0.2, 0) is 7.05 Å². The van der Waals surface area contributed by atoms with Crippen LogP contribution in [0.1, 0.15) is 32.1 Å². The molecule has 0 radical (unpaired) electrons. The van der Waals surface area contributed by atoms with Crippen LogP contribution in [0.5, 0.6) is 0 Å². The SMILES string of the molecule is Cn1nccc1NC(=O)NC1CCCCC1. The van der Waals surface area contributed by atoms with Crippen LogP contribution in [0, 0.1) is 0 Å². The molecule has 0 spiro atoms. The summed E-state index contributed by atoms with van der Waals surface area (Å²) in [6.45, 7) is 0. The van der Waals surface area contributed by atoms with E-state index in [1.807, 2.05) is 0 Å². The third kappa shape index (κ3) is 2.74. The third-order valence-corrected chi connectivity index (χ3v) is 3.00. The Morgan fingerprint density at radius 3 is 2.81 bits per heavy atom. The van der Waals surface area contributed by atoms with Gasteiger partial charge in [-0.15, -0.1) is 0 Å². The van der Waals surface area contributed by atoms with E-state index in [9.17, 15) is 4.79 Å². The molecule has 1 saturated carbocycles. The van der Waals surface area contributed by atoms with Gasteiger partial charge in [-0.05, 0) is 12.8 Å². The number of hydrogen-bond acceptors (Lipinski definition) is 2. The molecule has 1 aliphatic rings. The second-order valence-corrected chi connectivity index (χ2v) is 4.27. The minimum Gasteiger partial charge on any atom is -0.335 e. The Bertz CT molecular complexity index is 355. The summed E-state index contributed by atoms with van der Waals surface area (Å²) in [6, 6.07) is 1.98. The summed E-state index contributed by atoms with van der Waals surface area (Å²) >= 11 is 0. The van der Waals surface area contributed by atoms with Crippen molar-refractivity contribution in [2.24, 2.45) is 7.05 Å². The van der Waals surface area contributed by atoms with Crippen LogP contribution in [0.2, 0.25) is 0 Å². The number of carbonyl (C=O) groups excluding carboxylic acids is 1. The van der Waals surface area contributed by atoms with Crippen LogP contribution in [0.4, 0.5) is 10.6 Å². The van der Waals surface area contributed by atoms with Crippen molar-refractivity contribution < 1.29 is 4.79 Å². The molecule has 5 nitrogen and oxygen atoms in total. The molecule has 1 fully saturated rings. The second-order valence-electron chi connectivity index (χ2n) is 4.27. The lowest BCUT2D eigenvalue weighted by Crippen LogP contribution is -2.39. The first-order valence-corrected chi connectivity index (χ1v) is 5.81. The van der Waals surface area contributed by atoms with E-state index in [-0.39, 0.29) is 6.03 Å². The molecule has 2 N–H and O–H groups in total. The molecule has 0 bridgehead atoms. The summed E-state index contributed by atoms with van der Waals surface area (Å²) in [5.41, 5.74) is 0. The summed E-state index contributed by atoms with van der Waals surface area (Å²) in [5, 5.41) is 9.77. The van der Waals surface area contributed by atoms with Crippen molar-refractivity contribution in [3.63, 3.8) is 0 Å². The number of aryl methyl sites for hydroxylation is 1. The maximum absolute atomic E-state index is 11.7. The fraction of sp³-hybridized carbons (Fsp3) is 0.636. The third-order valence-electron chi connectivity index (χ3n) is 3.00. The number of rotatable bonds is 2. The van der Waals surface area contributed by atoms with E-state index in [2.05, 4.69) is 15.7 Å². The van der Waals surface area contributed by atoms with Gasteiger partial charge in [0, 0.05) is 19.2 Å². The van der Waals surface area contributed by atoms with Crippen LogP contribution in [-0.4, -0.2) is 21.9 Å². The molecule has 88 valence electrons. The molecular weight excluding hydrogens is 204 g/mol. The highest BCUT2D eigenvalue weighted by molar-refractivity contribution is 5.88. The van der Waals surface area contributed by atoms with Gasteiger partial charge in [-0.1, -0.05) is 19.3 Å². The zero-order valence-electron chi connectivity index (χ0n) is 9.57. The van der Waals surface area contributed by atoms with E-state index >= 15 is 0 Å². The van der Waals surface area contributed by atoms with Gasteiger partial charge in [0.15, 0.2) is 0 Å². The lowest BCUT2D eigenvalue weighted by molar-refractivity contribution is 0.244. The molecule has 2 rings (SSSR count). The zero-order chi connectivity index (χ0) is 11.4. The molecule has 0 aliphatic heterocycles. The standard InChI is InChI=1S/C11H18N4O/c1-15-10(7-8-12-15)14-11(16)13-9-5-3-2-4-6-9/h7-9H,2-6H2,1H3,(H2,13,14,16). The van der Waals surface area contributed by atoms with Crippen LogP contribution in [0.3, 0.4) is 0 Å². The van der Waals surface area contributed by atoms with Gasteiger partial charge in [-0.2, -0.15) is 5.10 Å². The van der Waals surface area contributed by atoms with E-state index < -0.39 is 0 Å². The highest BCUT2D eigenvalue weighted by Gasteiger charge is 2.15. The van der Waals surface area contributed by atoms with Crippen LogP contribution in [0.15, 0.2) is 12.3 Å². The van der Waals surface area contributed by atoms with Gasteiger partial charge in [0.2, 0.25) is 0 Å². The van der Waals surface area contributed by atoms with E-state index in [0.717, 1.165) is 12.8 Å². The van der Waals surface area contributed by atoms with E-state index in [0.29, 0.717) is 11.9 Å². The minimum atomic E-state index is -0.129. The number of carbonyl (C=O) groups is 1. The van der Waals surface area contributed by atoms with Crippen LogP contribution < -0.4 is 10.6 Å². The first-order chi connectivity index (χ1) is 7.75. The minimum absolute atomic E-state index is 0.129.